The van der Waals surface area contributed by atoms with E-state index in [1.165, 1.54) is 6.42 Å². The highest BCUT2D eigenvalue weighted by atomic mass is 79.9. The number of aromatic nitrogens is 1. The molecule has 2 rings (SSSR count). The number of hydrogen-bond donors (Lipinski definition) is 1. The second kappa shape index (κ2) is 4.41. The molecule has 86 valence electrons. The average molecular weight is 284 g/mol. The topological polar surface area (TPSA) is 59.2 Å². The monoisotopic (exact) mass is 283 g/mol. The van der Waals surface area contributed by atoms with Gasteiger partial charge in [0.2, 0.25) is 0 Å². The van der Waals surface area contributed by atoms with Gasteiger partial charge in [0.1, 0.15) is 5.82 Å². The molecule has 1 aromatic rings. The normalized spacial score (nSPS) is 15.6. The SMILES string of the molecule is CN(C(=O)c1cc(Br)cnc1N)C1CCC1. The van der Waals surface area contributed by atoms with Gasteiger partial charge in [-0.1, -0.05) is 0 Å². The summed E-state index contributed by atoms with van der Waals surface area (Å²) < 4.78 is 0.770. The van der Waals surface area contributed by atoms with Crippen LogP contribution in [0.2, 0.25) is 0 Å². The average Bonchev–Trinajstić information content (AvgIpc) is 2.18. The van der Waals surface area contributed by atoms with Crippen LogP contribution in [0.25, 0.3) is 0 Å². The first kappa shape index (κ1) is 11.4. The Morgan fingerprint density at radius 1 is 1.62 bits per heavy atom. The van der Waals surface area contributed by atoms with Gasteiger partial charge >= 0.3 is 0 Å². The van der Waals surface area contributed by atoms with Crippen molar-refractivity contribution in [1.82, 2.24) is 9.88 Å². The largest absolute Gasteiger partial charge is 0.383 e. The molecule has 1 heterocycles. The third-order valence-electron chi connectivity index (χ3n) is 3.06. The number of halogens is 1. The molecule has 1 fully saturated rings. The molecule has 0 saturated heterocycles. The Hall–Kier alpha value is -1.10. The molecular formula is C11H14BrN3O. The summed E-state index contributed by atoms with van der Waals surface area (Å²) in [6.07, 6.45) is 4.97. The molecule has 4 nitrogen and oxygen atoms in total. The molecule has 1 aromatic heterocycles. The van der Waals surface area contributed by atoms with Gasteiger partial charge in [-0.3, -0.25) is 4.79 Å². The van der Waals surface area contributed by atoms with Crippen LogP contribution in [0.5, 0.6) is 0 Å². The van der Waals surface area contributed by atoms with E-state index in [1.807, 2.05) is 7.05 Å². The molecule has 2 N–H and O–H groups in total. The summed E-state index contributed by atoms with van der Waals surface area (Å²) in [6.45, 7) is 0. The quantitative estimate of drug-likeness (QED) is 0.904. The predicted octanol–water partition coefficient (Wildman–Crippen LogP) is 2.05. The molecule has 0 bridgehead atoms. The van der Waals surface area contributed by atoms with Gasteiger partial charge in [0.05, 0.1) is 5.56 Å². The Balaban J connectivity index is 2.22. The standard InChI is InChI=1S/C11H14BrN3O/c1-15(8-3-2-4-8)11(16)9-5-7(12)6-14-10(9)13/h5-6,8H,2-4H2,1H3,(H2,13,14). The van der Waals surface area contributed by atoms with E-state index < -0.39 is 0 Å². The van der Waals surface area contributed by atoms with E-state index in [9.17, 15) is 4.79 Å². The van der Waals surface area contributed by atoms with Crippen LogP contribution in [-0.4, -0.2) is 28.9 Å². The van der Waals surface area contributed by atoms with Crippen molar-refractivity contribution in [2.45, 2.75) is 25.3 Å². The summed E-state index contributed by atoms with van der Waals surface area (Å²) in [5, 5.41) is 0. The zero-order valence-electron chi connectivity index (χ0n) is 9.11. The molecule has 16 heavy (non-hydrogen) atoms. The summed E-state index contributed by atoms with van der Waals surface area (Å²) in [7, 11) is 1.83. The molecule has 0 atom stereocenters. The summed E-state index contributed by atoms with van der Waals surface area (Å²) in [4.78, 5) is 17.9. The summed E-state index contributed by atoms with van der Waals surface area (Å²) in [6, 6.07) is 2.09. The van der Waals surface area contributed by atoms with Gasteiger partial charge in [0.15, 0.2) is 0 Å². The summed E-state index contributed by atoms with van der Waals surface area (Å²) in [5.74, 6) is 0.246. The predicted molar refractivity (Wildman–Crippen MR) is 66.1 cm³/mol. The van der Waals surface area contributed by atoms with Crippen LogP contribution in [0.15, 0.2) is 16.7 Å². The summed E-state index contributed by atoms with van der Waals surface area (Å²) >= 11 is 3.29. The van der Waals surface area contributed by atoms with Gasteiger partial charge in [-0.05, 0) is 41.3 Å². The molecule has 1 aliphatic rings. The van der Waals surface area contributed by atoms with Crippen molar-refractivity contribution in [2.24, 2.45) is 0 Å². The molecule has 0 aliphatic heterocycles. The van der Waals surface area contributed by atoms with Crippen LogP contribution in [-0.2, 0) is 0 Å². The van der Waals surface area contributed by atoms with E-state index in [0.29, 0.717) is 17.4 Å². The minimum absolute atomic E-state index is 0.0454. The molecule has 0 spiro atoms. The lowest BCUT2D eigenvalue weighted by atomic mass is 9.91. The van der Waals surface area contributed by atoms with Crippen LogP contribution in [0.4, 0.5) is 5.82 Å². The zero-order chi connectivity index (χ0) is 11.7. The van der Waals surface area contributed by atoms with E-state index in [-0.39, 0.29) is 5.91 Å². The highest BCUT2D eigenvalue weighted by molar-refractivity contribution is 9.10. The van der Waals surface area contributed by atoms with Crippen molar-refractivity contribution in [3.63, 3.8) is 0 Å². The van der Waals surface area contributed by atoms with E-state index in [1.54, 1.807) is 17.2 Å². The molecular weight excluding hydrogens is 270 g/mol. The highest BCUT2D eigenvalue weighted by Gasteiger charge is 2.27. The first-order chi connectivity index (χ1) is 7.59. The van der Waals surface area contributed by atoms with Crippen LogP contribution in [0.3, 0.4) is 0 Å². The second-order valence-electron chi connectivity index (χ2n) is 4.09. The van der Waals surface area contributed by atoms with Gasteiger partial charge in [0, 0.05) is 23.8 Å². The lowest BCUT2D eigenvalue weighted by molar-refractivity contribution is 0.0652. The van der Waals surface area contributed by atoms with Crippen molar-refractivity contribution < 1.29 is 4.79 Å². The van der Waals surface area contributed by atoms with Crippen LogP contribution in [0.1, 0.15) is 29.6 Å². The third kappa shape index (κ3) is 2.04. The Labute approximate surface area is 103 Å². The number of carbonyl (C=O) groups is 1. The minimum Gasteiger partial charge on any atom is -0.383 e. The number of pyridine rings is 1. The maximum absolute atomic E-state index is 12.1. The van der Waals surface area contributed by atoms with Crippen molar-refractivity contribution >= 4 is 27.7 Å². The Morgan fingerprint density at radius 3 is 2.88 bits per heavy atom. The van der Waals surface area contributed by atoms with Crippen molar-refractivity contribution in [3.05, 3.63) is 22.3 Å². The maximum atomic E-state index is 12.1. The first-order valence-electron chi connectivity index (χ1n) is 5.28. The van der Waals surface area contributed by atoms with Gasteiger partial charge in [-0.15, -0.1) is 0 Å². The van der Waals surface area contributed by atoms with Gasteiger partial charge in [-0.25, -0.2) is 4.98 Å². The Bertz CT molecular complexity index is 418. The number of carbonyl (C=O) groups excluding carboxylic acids is 1. The van der Waals surface area contributed by atoms with E-state index >= 15 is 0 Å². The minimum atomic E-state index is -0.0454. The lowest BCUT2D eigenvalue weighted by Crippen LogP contribution is -2.41. The lowest BCUT2D eigenvalue weighted by Gasteiger charge is -2.34. The van der Waals surface area contributed by atoms with Crippen LogP contribution in [0, 0.1) is 0 Å². The van der Waals surface area contributed by atoms with Crippen molar-refractivity contribution in [1.29, 1.82) is 0 Å². The third-order valence-corrected chi connectivity index (χ3v) is 3.49. The molecule has 0 aromatic carbocycles. The van der Waals surface area contributed by atoms with Crippen molar-refractivity contribution in [3.8, 4) is 0 Å². The number of nitrogen functional groups attached to an aromatic ring is 1. The molecule has 0 radical (unpaired) electrons. The number of anilines is 1. The molecule has 0 unspecified atom stereocenters. The Kier molecular flexibility index (Phi) is 3.14. The zero-order valence-corrected chi connectivity index (χ0v) is 10.7. The summed E-state index contributed by atoms with van der Waals surface area (Å²) in [5.41, 5.74) is 6.18. The van der Waals surface area contributed by atoms with Gasteiger partial charge < -0.3 is 10.6 Å². The van der Waals surface area contributed by atoms with E-state index in [0.717, 1.165) is 17.3 Å². The maximum Gasteiger partial charge on any atom is 0.257 e. The van der Waals surface area contributed by atoms with Gasteiger partial charge in [0.25, 0.3) is 5.91 Å². The second-order valence-corrected chi connectivity index (χ2v) is 5.00. The highest BCUT2D eigenvalue weighted by Crippen LogP contribution is 2.26. The molecule has 1 amide bonds. The van der Waals surface area contributed by atoms with E-state index in [2.05, 4.69) is 20.9 Å². The van der Waals surface area contributed by atoms with Crippen LogP contribution < -0.4 is 5.73 Å². The number of amides is 1. The first-order valence-corrected chi connectivity index (χ1v) is 6.07. The fourth-order valence-corrected chi connectivity index (χ4v) is 2.08. The van der Waals surface area contributed by atoms with Crippen molar-refractivity contribution in [2.75, 3.05) is 12.8 Å². The Morgan fingerprint density at radius 2 is 2.31 bits per heavy atom. The molecule has 1 aliphatic carbocycles. The number of hydrogen-bond acceptors (Lipinski definition) is 3. The smallest absolute Gasteiger partial charge is 0.257 e. The molecule has 1 saturated carbocycles. The number of nitrogens with two attached hydrogens (primary N) is 1. The number of nitrogens with zero attached hydrogens (tertiary/aromatic N) is 2. The van der Waals surface area contributed by atoms with Crippen LogP contribution >= 0.6 is 15.9 Å². The molecule has 5 heteroatoms. The van der Waals surface area contributed by atoms with E-state index in [4.69, 9.17) is 5.73 Å². The fraction of sp³-hybridized carbons (Fsp3) is 0.455. The van der Waals surface area contributed by atoms with Gasteiger partial charge in [-0.2, -0.15) is 0 Å². The fourth-order valence-electron chi connectivity index (χ4n) is 1.75. The number of rotatable bonds is 2.